The lowest BCUT2D eigenvalue weighted by atomic mass is 9.83. The van der Waals surface area contributed by atoms with Crippen molar-refractivity contribution in [1.82, 2.24) is 24.4 Å². The van der Waals surface area contributed by atoms with E-state index in [-0.39, 0.29) is 11.5 Å². The van der Waals surface area contributed by atoms with E-state index in [1.807, 2.05) is 16.7 Å². The van der Waals surface area contributed by atoms with Crippen LogP contribution in [0.3, 0.4) is 0 Å². The van der Waals surface area contributed by atoms with E-state index in [1.165, 1.54) is 6.07 Å². The number of alkyl halides is 3. The van der Waals surface area contributed by atoms with Crippen LogP contribution in [0.15, 0.2) is 47.7 Å². The van der Waals surface area contributed by atoms with Crippen LogP contribution in [0.1, 0.15) is 29.3 Å². The van der Waals surface area contributed by atoms with Crippen molar-refractivity contribution in [3.63, 3.8) is 0 Å². The summed E-state index contributed by atoms with van der Waals surface area (Å²) in [4.78, 5) is 26.4. The number of aromatic amines is 1. The van der Waals surface area contributed by atoms with Gasteiger partial charge in [-0.25, -0.2) is 4.98 Å². The Morgan fingerprint density at radius 2 is 1.97 bits per heavy atom. The number of likely N-dealkylation sites (tertiary alicyclic amines) is 1. The van der Waals surface area contributed by atoms with E-state index in [9.17, 15) is 18.0 Å². The number of rotatable bonds is 3. The van der Waals surface area contributed by atoms with Crippen LogP contribution in [0, 0.1) is 5.92 Å². The van der Waals surface area contributed by atoms with Gasteiger partial charge in [0.2, 0.25) is 0 Å². The zero-order chi connectivity index (χ0) is 20.9. The first-order chi connectivity index (χ1) is 14.4. The minimum atomic E-state index is -4.38. The molecule has 156 valence electrons. The Balaban J connectivity index is 1.36. The molecule has 1 fully saturated rings. The van der Waals surface area contributed by atoms with Crippen molar-refractivity contribution in [2.24, 2.45) is 5.92 Å². The van der Waals surface area contributed by atoms with Gasteiger partial charge >= 0.3 is 6.18 Å². The van der Waals surface area contributed by atoms with E-state index < -0.39 is 11.7 Å². The number of nitrogens with zero attached hydrogens (tertiary/aromatic N) is 4. The molecule has 2 aliphatic heterocycles. The minimum Gasteiger partial charge on any atom is -0.344 e. The zero-order valence-electron chi connectivity index (χ0n) is 16.1. The van der Waals surface area contributed by atoms with E-state index in [2.05, 4.69) is 19.9 Å². The third-order valence-electron chi connectivity index (χ3n) is 5.97. The maximum Gasteiger partial charge on any atom is 0.417 e. The van der Waals surface area contributed by atoms with Gasteiger partial charge in [-0.2, -0.15) is 13.2 Å². The number of hydrogen-bond acceptors (Lipinski definition) is 4. The van der Waals surface area contributed by atoms with Gasteiger partial charge in [0.1, 0.15) is 5.82 Å². The molecule has 9 heteroatoms. The SMILES string of the molecule is O=c1c(-c2ncc[nH]2)ccc2n1C[C@H]1C[C@@H]2CN(Cc2ccc(C(F)(F)F)cn2)C1. The Bertz CT molecular complexity index is 1110. The van der Waals surface area contributed by atoms with Crippen molar-refractivity contribution < 1.29 is 13.2 Å². The summed E-state index contributed by atoms with van der Waals surface area (Å²) in [6.45, 7) is 2.67. The summed E-state index contributed by atoms with van der Waals surface area (Å²) in [6.07, 6.45) is 0.850. The molecule has 0 unspecified atom stereocenters. The molecule has 1 saturated heterocycles. The standard InChI is InChI=1S/C21H20F3N5O/c22-21(23,24)15-1-2-16(27-8-15)12-28-9-13-7-14(11-28)18-4-3-17(19-25-5-6-26-19)20(30)29(18)10-13/h1-6,8,13-14H,7,9-12H2,(H,25,26)/t13-,14+/m0/s1. The molecule has 2 aliphatic rings. The molecular formula is C21H20F3N5O. The van der Waals surface area contributed by atoms with Crippen molar-refractivity contribution in [3.8, 4) is 11.4 Å². The summed E-state index contributed by atoms with van der Waals surface area (Å²) in [5.74, 6) is 1.10. The Labute approximate surface area is 170 Å². The number of fused-ring (bicyclic) bond motifs is 4. The van der Waals surface area contributed by atoms with E-state index >= 15 is 0 Å². The maximum absolute atomic E-state index is 13.0. The molecule has 2 bridgehead atoms. The summed E-state index contributed by atoms with van der Waals surface area (Å²) in [6, 6.07) is 6.35. The second kappa shape index (κ2) is 7.09. The first kappa shape index (κ1) is 19.0. The molecule has 3 aromatic heterocycles. The molecule has 1 N–H and O–H groups in total. The smallest absolute Gasteiger partial charge is 0.344 e. The van der Waals surface area contributed by atoms with Crippen LogP contribution in [0.5, 0.6) is 0 Å². The van der Waals surface area contributed by atoms with E-state index in [4.69, 9.17) is 0 Å². The lowest BCUT2D eigenvalue weighted by Crippen LogP contribution is -2.47. The third kappa shape index (κ3) is 3.43. The average Bonchev–Trinajstić information content (AvgIpc) is 3.23. The number of halogens is 3. The molecule has 5 rings (SSSR count). The molecule has 5 heterocycles. The van der Waals surface area contributed by atoms with Gasteiger partial charge in [0.25, 0.3) is 5.56 Å². The highest BCUT2D eigenvalue weighted by atomic mass is 19.4. The number of imidazole rings is 1. The number of hydrogen-bond donors (Lipinski definition) is 1. The van der Waals surface area contributed by atoms with Crippen molar-refractivity contribution in [3.05, 3.63) is 70.2 Å². The molecule has 0 radical (unpaired) electrons. The van der Waals surface area contributed by atoms with Crippen LogP contribution in [-0.2, 0) is 19.3 Å². The van der Waals surface area contributed by atoms with Gasteiger partial charge in [0.15, 0.2) is 0 Å². The second-order valence-corrected chi connectivity index (χ2v) is 8.05. The highest BCUT2D eigenvalue weighted by molar-refractivity contribution is 5.53. The Morgan fingerprint density at radius 3 is 2.67 bits per heavy atom. The first-order valence-corrected chi connectivity index (χ1v) is 9.86. The quantitative estimate of drug-likeness (QED) is 0.713. The lowest BCUT2D eigenvalue weighted by molar-refractivity contribution is -0.137. The largest absolute Gasteiger partial charge is 0.417 e. The predicted molar refractivity (Wildman–Crippen MR) is 104 cm³/mol. The van der Waals surface area contributed by atoms with E-state index in [0.717, 1.165) is 37.5 Å². The number of piperidine rings is 1. The van der Waals surface area contributed by atoms with Gasteiger partial charge in [0, 0.05) is 56.4 Å². The normalized spacial score (nSPS) is 21.4. The van der Waals surface area contributed by atoms with Crippen LogP contribution in [-0.4, -0.2) is 37.5 Å². The fraction of sp³-hybridized carbons (Fsp3) is 0.381. The molecule has 30 heavy (non-hydrogen) atoms. The van der Waals surface area contributed by atoms with Crippen LogP contribution < -0.4 is 5.56 Å². The Hall–Kier alpha value is -2.94. The average molecular weight is 415 g/mol. The fourth-order valence-corrected chi connectivity index (χ4v) is 4.68. The molecule has 0 saturated carbocycles. The van der Waals surface area contributed by atoms with Gasteiger partial charge in [-0.3, -0.25) is 14.7 Å². The second-order valence-electron chi connectivity index (χ2n) is 8.05. The minimum absolute atomic E-state index is 0.0324. The lowest BCUT2D eigenvalue weighted by Gasteiger charge is -2.42. The van der Waals surface area contributed by atoms with Crippen molar-refractivity contribution in [2.75, 3.05) is 13.1 Å². The van der Waals surface area contributed by atoms with Gasteiger partial charge in [-0.15, -0.1) is 0 Å². The number of nitrogens with one attached hydrogen (secondary N) is 1. The molecule has 0 amide bonds. The molecule has 2 atom stereocenters. The van der Waals surface area contributed by atoms with Crippen LogP contribution in [0.4, 0.5) is 13.2 Å². The van der Waals surface area contributed by atoms with Crippen molar-refractivity contribution in [1.29, 1.82) is 0 Å². The van der Waals surface area contributed by atoms with Gasteiger partial charge < -0.3 is 9.55 Å². The number of H-pyrrole nitrogens is 1. The van der Waals surface area contributed by atoms with E-state index in [1.54, 1.807) is 12.4 Å². The van der Waals surface area contributed by atoms with Crippen LogP contribution >= 0.6 is 0 Å². The van der Waals surface area contributed by atoms with Gasteiger partial charge in [-0.1, -0.05) is 0 Å². The van der Waals surface area contributed by atoms with Crippen LogP contribution in [0.25, 0.3) is 11.4 Å². The molecule has 6 nitrogen and oxygen atoms in total. The Morgan fingerprint density at radius 1 is 1.10 bits per heavy atom. The highest BCUT2D eigenvalue weighted by Gasteiger charge is 2.35. The number of pyridine rings is 2. The Kier molecular flexibility index (Phi) is 4.50. The summed E-state index contributed by atoms with van der Waals surface area (Å²) in [5, 5.41) is 0. The van der Waals surface area contributed by atoms with Gasteiger partial charge in [0.05, 0.1) is 16.8 Å². The summed E-state index contributed by atoms with van der Waals surface area (Å²) in [5.41, 5.74) is 1.43. The highest BCUT2D eigenvalue weighted by Crippen LogP contribution is 2.36. The van der Waals surface area contributed by atoms with Crippen LogP contribution in [0.2, 0.25) is 0 Å². The predicted octanol–water partition coefficient (Wildman–Crippen LogP) is 3.27. The molecule has 0 spiro atoms. The van der Waals surface area contributed by atoms with Crippen molar-refractivity contribution in [2.45, 2.75) is 31.6 Å². The molecular weight excluding hydrogens is 395 g/mol. The molecule has 3 aromatic rings. The summed E-state index contributed by atoms with van der Waals surface area (Å²) < 4.78 is 40.1. The zero-order valence-corrected chi connectivity index (χ0v) is 16.1. The van der Waals surface area contributed by atoms with Crippen molar-refractivity contribution >= 4 is 0 Å². The third-order valence-corrected chi connectivity index (χ3v) is 5.97. The summed E-state index contributed by atoms with van der Waals surface area (Å²) in [7, 11) is 0. The number of aromatic nitrogens is 4. The first-order valence-electron chi connectivity index (χ1n) is 9.86. The fourth-order valence-electron chi connectivity index (χ4n) is 4.68. The van der Waals surface area contributed by atoms with Gasteiger partial charge in [-0.05, 0) is 36.6 Å². The maximum atomic E-state index is 13.0. The molecule has 0 aliphatic carbocycles. The topological polar surface area (TPSA) is 66.8 Å². The summed E-state index contributed by atoms with van der Waals surface area (Å²) >= 11 is 0. The van der Waals surface area contributed by atoms with E-state index in [0.29, 0.717) is 36.1 Å². The molecule has 0 aromatic carbocycles. The monoisotopic (exact) mass is 415 g/mol.